The van der Waals surface area contributed by atoms with Gasteiger partial charge in [-0.1, -0.05) is 32.1 Å². The first kappa shape index (κ1) is 14.6. The number of rotatable bonds is 2. The summed E-state index contributed by atoms with van der Waals surface area (Å²) >= 11 is 0. The van der Waals surface area contributed by atoms with E-state index in [0.29, 0.717) is 12.3 Å². The Hall–Kier alpha value is -1.37. The van der Waals surface area contributed by atoms with E-state index in [-0.39, 0.29) is 0 Å². The van der Waals surface area contributed by atoms with Gasteiger partial charge in [0.1, 0.15) is 6.17 Å². The van der Waals surface area contributed by atoms with E-state index in [1.54, 1.807) is 0 Å². The molecule has 1 aromatic carbocycles. The molecule has 112 valence electrons. The second kappa shape index (κ2) is 5.44. The largest absolute Gasteiger partial charge is 0.242 e. The minimum atomic E-state index is -0.753. The van der Waals surface area contributed by atoms with Crippen molar-refractivity contribution >= 4 is 5.57 Å². The van der Waals surface area contributed by atoms with Crippen molar-refractivity contribution in [3.8, 4) is 0 Å². The summed E-state index contributed by atoms with van der Waals surface area (Å²) in [6.45, 7) is 8.77. The van der Waals surface area contributed by atoms with E-state index in [0.717, 1.165) is 24.8 Å². The lowest BCUT2D eigenvalue weighted by atomic mass is 9.82. The number of hydrogen-bond donors (Lipinski definition) is 0. The van der Waals surface area contributed by atoms with E-state index in [1.165, 1.54) is 33.4 Å². The molecule has 0 saturated heterocycles. The van der Waals surface area contributed by atoms with Gasteiger partial charge in [-0.3, -0.25) is 0 Å². The predicted molar refractivity (Wildman–Crippen MR) is 88.2 cm³/mol. The number of allylic oxidation sites excluding steroid dienone is 4. The van der Waals surface area contributed by atoms with Gasteiger partial charge in [0.15, 0.2) is 0 Å². The first-order valence-corrected chi connectivity index (χ1v) is 8.21. The van der Waals surface area contributed by atoms with Crippen LogP contribution >= 0.6 is 0 Å². The first-order valence-electron chi connectivity index (χ1n) is 8.21. The molecule has 2 aliphatic carbocycles. The van der Waals surface area contributed by atoms with Crippen LogP contribution in [-0.4, -0.2) is 6.17 Å². The lowest BCUT2D eigenvalue weighted by Gasteiger charge is -2.24. The Morgan fingerprint density at radius 1 is 1.19 bits per heavy atom. The molecule has 21 heavy (non-hydrogen) atoms. The molecular weight excluding hydrogens is 259 g/mol. The molecule has 1 aromatic rings. The smallest absolute Gasteiger partial charge is 0.125 e. The lowest BCUT2D eigenvalue weighted by Crippen LogP contribution is -2.14. The summed E-state index contributed by atoms with van der Waals surface area (Å²) in [5, 5.41) is 0. The highest BCUT2D eigenvalue weighted by atomic mass is 19.1. The molecule has 3 rings (SSSR count). The van der Waals surface area contributed by atoms with Gasteiger partial charge in [0, 0.05) is 6.42 Å². The maximum absolute atomic E-state index is 14.3. The van der Waals surface area contributed by atoms with E-state index in [4.69, 9.17) is 0 Å². The minimum absolute atomic E-state index is 0.411. The standard InChI is InChI=1S/C20H25F/c1-5-15-10-13(3)19(14(4)11-15)16-8-9-18(21)20-12(2)6-7-17(16)20/h8,10-12,18H,5-7,9H2,1-4H3. The van der Waals surface area contributed by atoms with E-state index < -0.39 is 6.17 Å². The Morgan fingerprint density at radius 2 is 1.86 bits per heavy atom. The van der Waals surface area contributed by atoms with E-state index in [1.807, 2.05) is 0 Å². The molecule has 0 spiro atoms. The molecule has 0 aromatic heterocycles. The summed E-state index contributed by atoms with van der Waals surface area (Å²) in [5.41, 5.74) is 9.12. The molecule has 2 aliphatic rings. The molecule has 0 nitrogen and oxygen atoms in total. The molecular formula is C20H25F. The van der Waals surface area contributed by atoms with Crippen LogP contribution in [0.2, 0.25) is 0 Å². The number of halogens is 1. The normalized spacial score (nSPS) is 25.1. The molecule has 0 fully saturated rings. The summed E-state index contributed by atoms with van der Waals surface area (Å²) < 4.78 is 14.3. The Labute approximate surface area is 127 Å². The van der Waals surface area contributed by atoms with Gasteiger partial charge in [-0.05, 0) is 78.0 Å². The van der Waals surface area contributed by atoms with Gasteiger partial charge < -0.3 is 0 Å². The molecule has 0 radical (unpaired) electrons. The molecule has 0 amide bonds. The highest BCUT2D eigenvalue weighted by Crippen LogP contribution is 2.46. The van der Waals surface area contributed by atoms with Gasteiger partial charge in [0.05, 0.1) is 0 Å². The minimum Gasteiger partial charge on any atom is -0.242 e. The van der Waals surface area contributed by atoms with Crippen molar-refractivity contribution in [2.24, 2.45) is 5.92 Å². The van der Waals surface area contributed by atoms with Crippen molar-refractivity contribution in [2.75, 3.05) is 0 Å². The summed E-state index contributed by atoms with van der Waals surface area (Å²) in [7, 11) is 0. The second-order valence-corrected chi connectivity index (χ2v) is 6.65. The third kappa shape index (κ3) is 2.37. The van der Waals surface area contributed by atoms with Crippen LogP contribution in [-0.2, 0) is 6.42 Å². The number of hydrogen-bond acceptors (Lipinski definition) is 0. The molecule has 0 bridgehead atoms. The Balaban J connectivity index is 2.12. The first-order chi connectivity index (χ1) is 10.0. The fourth-order valence-electron chi connectivity index (χ4n) is 4.15. The number of alkyl halides is 1. The Bertz CT molecular complexity index is 610. The van der Waals surface area contributed by atoms with Crippen molar-refractivity contribution < 1.29 is 4.39 Å². The highest BCUT2D eigenvalue weighted by molar-refractivity contribution is 5.85. The lowest BCUT2D eigenvalue weighted by molar-refractivity contribution is 0.359. The van der Waals surface area contributed by atoms with Gasteiger partial charge in [-0.15, -0.1) is 0 Å². The molecule has 2 unspecified atom stereocenters. The maximum atomic E-state index is 14.3. The van der Waals surface area contributed by atoms with Gasteiger partial charge in [0.2, 0.25) is 0 Å². The van der Waals surface area contributed by atoms with E-state index in [9.17, 15) is 4.39 Å². The van der Waals surface area contributed by atoms with Crippen LogP contribution in [0.5, 0.6) is 0 Å². The van der Waals surface area contributed by atoms with Crippen molar-refractivity contribution in [2.45, 2.75) is 59.5 Å². The SMILES string of the molecule is CCc1cc(C)c(C2=CCC(F)C3=C2CCC3C)c(C)c1. The number of aryl methyl sites for hydroxylation is 3. The fourth-order valence-corrected chi connectivity index (χ4v) is 4.15. The van der Waals surface area contributed by atoms with Crippen molar-refractivity contribution in [3.05, 3.63) is 51.6 Å². The van der Waals surface area contributed by atoms with Gasteiger partial charge >= 0.3 is 0 Å². The van der Waals surface area contributed by atoms with Gasteiger partial charge in [0.25, 0.3) is 0 Å². The average Bonchev–Trinajstić information content (AvgIpc) is 2.83. The average molecular weight is 284 g/mol. The molecule has 0 heterocycles. The highest BCUT2D eigenvalue weighted by Gasteiger charge is 2.33. The van der Waals surface area contributed by atoms with Crippen molar-refractivity contribution in [1.82, 2.24) is 0 Å². The van der Waals surface area contributed by atoms with Gasteiger partial charge in [-0.2, -0.15) is 0 Å². The van der Waals surface area contributed by atoms with Crippen LogP contribution in [0.4, 0.5) is 4.39 Å². The van der Waals surface area contributed by atoms with Crippen LogP contribution < -0.4 is 0 Å². The third-order valence-corrected chi connectivity index (χ3v) is 5.17. The zero-order chi connectivity index (χ0) is 15.1. The van der Waals surface area contributed by atoms with E-state index in [2.05, 4.69) is 45.9 Å². The van der Waals surface area contributed by atoms with Crippen LogP contribution in [0, 0.1) is 19.8 Å². The fraction of sp³-hybridized carbons (Fsp3) is 0.500. The second-order valence-electron chi connectivity index (χ2n) is 6.65. The zero-order valence-electron chi connectivity index (χ0n) is 13.6. The van der Waals surface area contributed by atoms with Crippen molar-refractivity contribution in [3.63, 3.8) is 0 Å². The van der Waals surface area contributed by atoms with Crippen LogP contribution in [0.1, 0.15) is 55.4 Å². The molecule has 1 heteroatoms. The third-order valence-electron chi connectivity index (χ3n) is 5.17. The van der Waals surface area contributed by atoms with Crippen LogP contribution in [0.25, 0.3) is 5.57 Å². The van der Waals surface area contributed by atoms with Crippen LogP contribution in [0.3, 0.4) is 0 Å². The molecule has 0 saturated carbocycles. The molecule has 0 aliphatic heterocycles. The van der Waals surface area contributed by atoms with Crippen LogP contribution in [0.15, 0.2) is 29.4 Å². The Kier molecular flexibility index (Phi) is 3.77. The number of benzene rings is 1. The zero-order valence-corrected chi connectivity index (χ0v) is 13.6. The maximum Gasteiger partial charge on any atom is 0.125 e. The molecule has 0 N–H and O–H groups in total. The summed E-state index contributed by atoms with van der Waals surface area (Å²) in [4.78, 5) is 0. The van der Waals surface area contributed by atoms with E-state index >= 15 is 0 Å². The van der Waals surface area contributed by atoms with Crippen molar-refractivity contribution in [1.29, 1.82) is 0 Å². The topological polar surface area (TPSA) is 0 Å². The summed E-state index contributed by atoms with van der Waals surface area (Å²) in [6.07, 6.45) is 5.15. The quantitative estimate of drug-likeness (QED) is 0.651. The van der Waals surface area contributed by atoms with Gasteiger partial charge in [-0.25, -0.2) is 4.39 Å². The Morgan fingerprint density at radius 3 is 2.48 bits per heavy atom. The summed E-state index contributed by atoms with van der Waals surface area (Å²) in [6, 6.07) is 4.59. The molecule has 2 atom stereocenters. The summed E-state index contributed by atoms with van der Waals surface area (Å²) in [5.74, 6) is 0.411. The monoisotopic (exact) mass is 284 g/mol. The predicted octanol–water partition coefficient (Wildman–Crippen LogP) is 5.72.